The van der Waals surface area contributed by atoms with E-state index in [2.05, 4.69) is 5.32 Å². The summed E-state index contributed by atoms with van der Waals surface area (Å²) in [6.45, 7) is 0.961. The highest BCUT2D eigenvalue weighted by atomic mass is 35.5. The SMILES string of the molecule is Clc1ccccc1C1NCCc2ccoc21. The van der Waals surface area contributed by atoms with Crippen LogP contribution in [0.1, 0.15) is 22.9 Å². The van der Waals surface area contributed by atoms with Crippen LogP contribution in [0.3, 0.4) is 0 Å². The van der Waals surface area contributed by atoms with Gasteiger partial charge in [-0.15, -0.1) is 0 Å². The monoisotopic (exact) mass is 233 g/mol. The number of benzene rings is 1. The molecule has 0 spiro atoms. The minimum absolute atomic E-state index is 0.0902. The standard InChI is InChI=1S/C13H12ClNO/c14-11-4-2-1-3-10(11)12-13-9(5-7-15-12)6-8-16-13/h1-4,6,8,12,15H,5,7H2. The molecule has 1 aliphatic heterocycles. The second kappa shape index (κ2) is 3.96. The number of hydrogen-bond donors (Lipinski definition) is 1. The molecule has 82 valence electrons. The number of rotatable bonds is 1. The van der Waals surface area contributed by atoms with Crippen LogP contribution >= 0.6 is 11.6 Å². The van der Waals surface area contributed by atoms with E-state index in [1.807, 2.05) is 30.3 Å². The van der Waals surface area contributed by atoms with E-state index >= 15 is 0 Å². The summed E-state index contributed by atoms with van der Waals surface area (Å²) >= 11 is 6.21. The number of hydrogen-bond acceptors (Lipinski definition) is 2. The van der Waals surface area contributed by atoms with E-state index in [0.29, 0.717) is 0 Å². The van der Waals surface area contributed by atoms with Gasteiger partial charge in [-0.3, -0.25) is 0 Å². The first-order chi connectivity index (χ1) is 7.86. The second-order valence-electron chi connectivity index (χ2n) is 3.97. The van der Waals surface area contributed by atoms with Crippen molar-refractivity contribution >= 4 is 11.6 Å². The molecule has 2 heterocycles. The Kier molecular flexibility index (Phi) is 2.46. The highest BCUT2D eigenvalue weighted by molar-refractivity contribution is 6.31. The van der Waals surface area contributed by atoms with Gasteiger partial charge in [0.05, 0.1) is 12.3 Å². The van der Waals surface area contributed by atoms with Crippen molar-refractivity contribution in [2.45, 2.75) is 12.5 Å². The Labute approximate surface area is 99.2 Å². The Morgan fingerprint density at radius 2 is 2.12 bits per heavy atom. The highest BCUT2D eigenvalue weighted by Crippen LogP contribution is 2.32. The van der Waals surface area contributed by atoms with Gasteiger partial charge in [-0.25, -0.2) is 0 Å². The molecule has 0 saturated carbocycles. The zero-order chi connectivity index (χ0) is 11.0. The first kappa shape index (κ1) is 9.94. The minimum atomic E-state index is 0.0902. The molecule has 0 bridgehead atoms. The van der Waals surface area contributed by atoms with Gasteiger partial charge in [0.1, 0.15) is 5.76 Å². The molecule has 1 atom stereocenters. The predicted octanol–water partition coefficient (Wildman–Crippen LogP) is 3.17. The smallest absolute Gasteiger partial charge is 0.128 e. The van der Waals surface area contributed by atoms with Crippen molar-refractivity contribution in [3.8, 4) is 0 Å². The molecule has 1 aliphatic rings. The third kappa shape index (κ3) is 1.55. The first-order valence-corrected chi connectivity index (χ1v) is 5.78. The summed E-state index contributed by atoms with van der Waals surface area (Å²) in [5, 5.41) is 4.22. The van der Waals surface area contributed by atoms with E-state index in [9.17, 15) is 0 Å². The summed E-state index contributed by atoms with van der Waals surface area (Å²) < 4.78 is 5.56. The molecule has 2 nitrogen and oxygen atoms in total. The molecule has 16 heavy (non-hydrogen) atoms. The van der Waals surface area contributed by atoms with Crippen molar-refractivity contribution in [3.63, 3.8) is 0 Å². The van der Waals surface area contributed by atoms with Gasteiger partial charge in [-0.1, -0.05) is 29.8 Å². The van der Waals surface area contributed by atoms with Crippen LogP contribution in [0.2, 0.25) is 5.02 Å². The summed E-state index contributed by atoms with van der Waals surface area (Å²) in [6.07, 6.45) is 2.77. The van der Waals surface area contributed by atoms with Crippen molar-refractivity contribution in [1.82, 2.24) is 5.32 Å². The fourth-order valence-electron chi connectivity index (χ4n) is 2.21. The van der Waals surface area contributed by atoms with E-state index in [1.165, 1.54) is 5.56 Å². The largest absolute Gasteiger partial charge is 0.467 e. The van der Waals surface area contributed by atoms with Gasteiger partial charge in [0, 0.05) is 11.6 Å². The minimum Gasteiger partial charge on any atom is -0.467 e. The van der Waals surface area contributed by atoms with Crippen molar-refractivity contribution in [3.05, 3.63) is 58.5 Å². The Morgan fingerprint density at radius 1 is 1.25 bits per heavy atom. The van der Waals surface area contributed by atoms with Crippen LogP contribution in [-0.4, -0.2) is 6.54 Å². The molecule has 1 aromatic heterocycles. The van der Waals surface area contributed by atoms with Crippen LogP contribution in [0.15, 0.2) is 41.0 Å². The lowest BCUT2D eigenvalue weighted by Crippen LogP contribution is -2.29. The van der Waals surface area contributed by atoms with Gasteiger partial charge in [-0.2, -0.15) is 0 Å². The van der Waals surface area contributed by atoms with Gasteiger partial charge >= 0.3 is 0 Å². The fourth-order valence-corrected chi connectivity index (χ4v) is 2.46. The number of fused-ring (bicyclic) bond motifs is 1. The topological polar surface area (TPSA) is 25.2 Å². The molecular formula is C13H12ClNO. The summed E-state index contributed by atoms with van der Waals surface area (Å²) in [5.74, 6) is 0.999. The zero-order valence-corrected chi connectivity index (χ0v) is 9.50. The van der Waals surface area contributed by atoms with Crippen LogP contribution < -0.4 is 5.32 Å². The molecule has 2 aromatic rings. The lowest BCUT2D eigenvalue weighted by Gasteiger charge is -2.23. The molecule has 3 rings (SSSR count). The van der Waals surface area contributed by atoms with E-state index in [0.717, 1.165) is 29.3 Å². The van der Waals surface area contributed by atoms with Crippen molar-refractivity contribution in [1.29, 1.82) is 0 Å². The van der Waals surface area contributed by atoms with Crippen molar-refractivity contribution in [2.24, 2.45) is 0 Å². The Bertz CT molecular complexity index is 506. The summed E-state index contributed by atoms with van der Waals surface area (Å²) in [6, 6.07) is 10.0. The molecule has 0 saturated heterocycles. The van der Waals surface area contributed by atoms with E-state index in [-0.39, 0.29) is 6.04 Å². The van der Waals surface area contributed by atoms with Crippen LogP contribution in [0.4, 0.5) is 0 Å². The second-order valence-corrected chi connectivity index (χ2v) is 4.38. The zero-order valence-electron chi connectivity index (χ0n) is 8.74. The Balaban J connectivity index is 2.08. The van der Waals surface area contributed by atoms with Gasteiger partial charge < -0.3 is 9.73 Å². The van der Waals surface area contributed by atoms with Crippen LogP contribution in [-0.2, 0) is 6.42 Å². The van der Waals surface area contributed by atoms with Crippen molar-refractivity contribution in [2.75, 3.05) is 6.54 Å². The lowest BCUT2D eigenvalue weighted by molar-refractivity contribution is 0.425. The third-order valence-corrected chi connectivity index (χ3v) is 3.35. The summed E-state index contributed by atoms with van der Waals surface area (Å²) in [7, 11) is 0. The molecule has 0 amide bonds. The maximum Gasteiger partial charge on any atom is 0.128 e. The molecule has 3 heteroatoms. The van der Waals surface area contributed by atoms with E-state index < -0.39 is 0 Å². The summed E-state index contributed by atoms with van der Waals surface area (Å²) in [5.41, 5.74) is 2.36. The molecule has 1 N–H and O–H groups in total. The molecule has 0 fully saturated rings. The quantitative estimate of drug-likeness (QED) is 0.819. The number of nitrogens with one attached hydrogen (secondary N) is 1. The average molecular weight is 234 g/mol. The highest BCUT2D eigenvalue weighted by Gasteiger charge is 2.25. The van der Waals surface area contributed by atoms with Crippen molar-refractivity contribution < 1.29 is 4.42 Å². The third-order valence-electron chi connectivity index (χ3n) is 3.00. The molecule has 0 radical (unpaired) electrons. The lowest BCUT2D eigenvalue weighted by atomic mass is 9.97. The van der Waals surface area contributed by atoms with Gasteiger partial charge in [0.25, 0.3) is 0 Å². The predicted molar refractivity (Wildman–Crippen MR) is 63.7 cm³/mol. The van der Waals surface area contributed by atoms with Gasteiger partial charge in [0.15, 0.2) is 0 Å². The Hall–Kier alpha value is -1.25. The first-order valence-electron chi connectivity index (χ1n) is 5.40. The molecular weight excluding hydrogens is 222 g/mol. The van der Waals surface area contributed by atoms with E-state index in [1.54, 1.807) is 6.26 Å². The maximum atomic E-state index is 6.21. The van der Waals surface area contributed by atoms with Gasteiger partial charge in [-0.05, 0) is 29.7 Å². The summed E-state index contributed by atoms with van der Waals surface area (Å²) in [4.78, 5) is 0. The van der Waals surface area contributed by atoms with Crippen LogP contribution in [0, 0.1) is 0 Å². The Morgan fingerprint density at radius 3 is 3.00 bits per heavy atom. The van der Waals surface area contributed by atoms with Gasteiger partial charge in [0.2, 0.25) is 0 Å². The number of furan rings is 1. The molecule has 1 aromatic carbocycles. The van der Waals surface area contributed by atoms with Crippen LogP contribution in [0.25, 0.3) is 0 Å². The molecule has 1 unspecified atom stereocenters. The maximum absolute atomic E-state index is 6.21. The normalized spacial score (nSPS) is 19.4. The van der Waals surface area contributed by atoms with Crippen LogP contribution in [0.5, 0.6) is 0 Å². The molecule has 0 aliphatic carbocycles. The average Bonchev–Trinajstić information content (AvgIpc) is 2.77. The number of halogens is 1. The fraction of sp³-hybridized carbons (Fsp3) is 0.231. The van der Waals surface area contributed by atoms with E-state index in [4.69, 9.17) is 16.0 Å².